The lowest BCUT2D eigenvalue weighted by Gasteiger charge is -2.10. The Labute approximate surface area is 98.3 Å². The number of hydrogen-bond acceptors (Lipinski definition) is 3. The van der Waals surface area contributed by atoms with Crippen molar-refractivity contribution >= 4 is 0 Å². The average Bonchev–Trinajstić information content (AvgIpc) is 2.81. The zero-order valence-corrected chi connectivity index (χ0v) is 9.31. The molecule has 1 aliphatic carbocycles. The minimum atomic E-state index is -0.294. The third kappa shape index (κ3) is 2.06. The first-order chi connectivity index (χ1) is 8.16. The molecule has 1 aromatic heterocycles. The number of nitrogens with zero attached hydrogens (tertiary/aromatic N) is 3. The van der Waals surface area contributed by atoms with E-state index >= 15 is 0 Å². The van der Waals surface area contributed by atoms with Crippen molar-refractivity contribution in [2.45, 2.75) is 24.8 Å². The van der Waals surface area contributed by atoms with Gasteiger partial charge in [-0.25, -0.2) is 14.1 Å². The van der Waals surface area contributed by atoms with Crippen LogP contribution >= 0.6 is 0 Å². The molecule has 3 rings (SSSR count). The van der Waals surface area contributed by atoms with Crippen LogP contribution in [0.1, 0.15) is 18.4 Å². The Hall–Kier alpha value is -1.75. The molecule has 1 fully saturated rings. The Morgan fingerprint density at radius 1 is 1.41 bits per heavy atom. The SMILES string of the molecule is NC1(Cc2ccc(-n3cncn3)c(F)c2)CC1. The van der Waals surface area contributed by atoms with E-state index in [4.69, 9.17) is 5.73 Å². The van der Waals surface area contributed by atoms with Crippen LogP contribution in [0.25, 0.3) is 5.69 Å². The topological polar surface area (TPSA) is 56.7 Å². The standard InChI is InChI=1S/C12H13FN4/c13-10-5-9(6-12(14)3-4-12)1-2-11(10)17-8-15-7-16-17/h1-2,5,7-8H,3-4,6,14H2. The Kier molecular flexibility index (Phi) is 2.22. The maximum Gasteiger partial charge on any atom is 0.149 e. The highest BCUT2D eigenvalue weighted by Crippen LogP contribution is 2.35. The molecule has 1 saturated carbocycles. The first kappa shape index (κ1) is 10.4. The van der Waals surface area contributed by atoms with E-state index in [0.717, 1.165) is 24.8 Å². The van der Waals surface area contributed by atoms with Gasteiger partial charge in [-0.05, 0) is 37.0 Å². The van der Waals surface area contributed by atoms with Gasteiger partial charge in [0, 0.05) is 5.54 Å². The number of aromatic nitrogens is 3. The van der Waals surface area contributed by atoms with Gasteiger partial charge in [-0.15, -0.1) is 0 Å². The van der Waals surface area contributed by atoms with Gasteiger partial charge in [-0.3, -0.25) is 0 Å². The first-order valence-electron chi connectivity index (χ1n) is 5.59. The molecule has 2 aromatic rings. The molecule has 0 saturated heterocycles. The van der Waals surface area contributed by atoms with Crippen LogP contribution in [0, 0.1) is 5.82 Å². The zero-order chi connectivity index (χ0) is 11.9. The molecule has 1 heterocycles. The van der Waals surface area contributed by atoms with Crippen molar-refractivity contribution in [1.82, 2.24) is 14.8 Å². The van der Waals surface area contributed by atoms with E-state index in [1.54, 1.807) is 6.07 Å². The molecule has 0 unspecified atom stereocenters. The van der Waals surface area contributed by atoms with Crippen LogP contribution in [0.4, 0.5) is 4.39 Å². The van der Waals surface area contributed by atoms with E-state index in [1.165, 1.54) is 23.4 Å². The summed E-state index contributed by atoms with van der Waals surface area (Å²) in [6, 6.07) is 5.14. The molecule has 2 N–H and O–H groups in total. The number of halogens is 1. The normalized spacial score (nSPS) is 17.1. The van der Waals surface area contributed by atoms with Crippen molar-refractivity contribution in [2.75, 3.05) is 0 Å². The monoisotopic (exact) mass is 232 g/mol. The van der Waals surface area contributed by atoms with Crippen LogP contribution in [0.2, 0.25) is 0 Å². The number of benzene rings is 1. The minimum absolute atomic E-state index is 0.0960. The van der Waals surface area contributed by atoms with Crippen molar-refractivity contribution < 1.29 is 4.39 Å². The van der Waals surface area contributed by atoms with Gasteiger partial charge >= 0.3 is 0 Å². The van der Waals surface area contributed by atoms with Gasteiger partial charge in [0.2, 0.25) is 0 Å². The second kappa shape index (κ2) is 3.63. The van der Waals surface area contributed by atoms with E-state index in [2.05, 4.69) is 10.1 Å². The fourth-order valence-corrected chi connectivity index (χ4v) is 1.92. The predicted molar refractivity (Wildman–Crippen MR) is 61.2 cm³/mol. The maximum absolute atomic E-state index is 13.9. The summed E-state index contributed by atoms with van der Waals surface area (Å²) >= 11 is 0. The fraction of sp³-hybridized carbons (Fsp3) is 0.333. The Bertz CT molecular complexity index is 531. The summed E-state index contributed by atoms with van der Waals surface area (Å²) in [6.45, 7) is 0. The minimum Gasteiger partial charge on any atom is -0.325 e. The van der Waals surface area contributed by atoms with Crippen LogP contribution in [0.5, 0.6) is 0 Å². The maximum atomic E-state index is 13.9. The molecule has 0 aliphatic heterocycles. The van der Waals surface area contributed by atoms with Crippen molar-refractivity contribution in [3.05, 3.63) is 42.2 Å². The van der Waals surface area contributed by atoms with Crippen molar-refractivity contribution in [2.24, 2.45) is 5.73 Å². The molecule has 0 atom stereocenters. The largest absolute Gasteiger partial charge is 0.325 e. The summed E-state index contributed by atoms with van der Waals surface area (Å²) in [5.74, 6) is -0.294. The lowest BCUT2D eigenvalue weighted by atomic mass is 10.0. The highest BCUT2D eigenvalue weighted by molar-refractivity contribution is 5.36. The molecular formula is C12H13FN4. The third-order valence-corrected chi connectivity index (χ3v) is 3.13. The molecule has 0 radical (unpaired) electrons. The smallest absolute Gasteiger partial charge is 0.149 e. The van der Waals surface area contributed by atoms with Gasteiger partial charge in [-0.2, -0.15) is 5.10 Å². The molecule has 88 valence electrons. The third-order valence-electron chi connectivity index (χ3n) is 3.13. The van der Waals surface area contributed by atoms with Crippen LogP contribution < -0.4 is 5.73 Å². The van der Waals surface area contributed by atoms with Gasteiger partial charge in [0.25, 0.3) is 0 Å². The van der Waals surface area contributed by atoms with Crippen molar-refractivity contribution in [3.63, 3.8) is 0 Å². The Morgan fingerprint density at radius 2 is 2.24 bits per heavy atom. The summed E-state index contributed by atoms with van der Waals surface area (Å²) in [4.78, 5) is 3.80. The van der Waals surface area contributed by atoms with E-state index < -0.39 is 0 Å². The molecular weight excluding hydrogens is 219 g/mol. The molecule has 4 nitrogen and oxygen atoms in total. The van der Waals surface area contributed by atoms with Crippen LogP contribution in [0.3, 0.4) is 0 Å². The summed E-state index contributed by atoms with van der Waals surface area (Å²) in [7, 11) is 0. The average molecular weight is 232 g/mol. The van der Waals surface area contributed by atoms with Gasteiger partial charge in [0.15, 0.2) is 0 Å². The van der Waals surface area contributed by atoms with E-state index in [-0.39, 0.29) is 11.4 Å². The van der Waals surface area contributed by atoms with Crippen LogP contribution in [-0.2, 0) is 6.42 Å². The molecule has 0 amide bonds. The first-order valence-corrected chi connectivity index (χ1v) is 5.59. The molecule has 1 aromatic carbocycles. The van der Waals surface area contributed by atoms with E-state index in [0.29, 0.717) is 5.69 Å². The highest BCUT2D eigenvalue weighted by atomic mass is 19.1. The van der Waals surface area contributed by atoms with Gasteiger partial charge in [-0.1, -0.05) is 6.07 Å². The van der Waals surface area contributed by atoms with Gasteiger partial charge in [0.05, 0.1) is 0 Å². The second-order valence-corrected chi connectivity index (χ2v) is 4.66. The van der Waals surface area contributed by atoms with Gasteiger partial charge in [0.1, 0.15) is 24.2 Å². The van der Waals surface area contributed by atoms with Crippen molar-refractivity contribution in [1.29, 1.82) is 0 Å². The highest BCUT2D eigenvalue weighted by Gasteiger charge is 2.38. The quantitative estimate of drug-likeness (QED) is 0.871. The van der Waals surface area contributed by atoms with Crippen LogP contribution in [-0.4, -0.2) is 20.3 Å². The lowest BCUT2D eigenvalue weighted by Crippen LogP contribution is -2.24. The Balaban J connectivity index is 1.89. The predicted octanol–water partition coefficient (Wildman–Crippen LogP) is 1.44. The molecule has 17 heavy (non-hydrogen) atoms. The second-order valence-electron chi connectivity index (χ2n) is 4.66. The molecule has 0 spiro atoms. The van der Waals surface area contributed by atoms with Gasteiger partial charge < -0.3 is 5.73 Å². The summed E-state index contributed by atoms with van der Waals surface area (Å²) in [5, 5.41) is 3.90. The van der Waals surface area contributed by atoms with Crippen LogP contribution in [0.15, 0.2) is 30.9 Å². The number of hydrogen-bond donors (Lipinski definition) is 1. The molecule has 0 bridgehead atoms. The number of nitrogens with two attached hydrogens (primary N) is 1. The van der Waals surface area contributed by atoms with E-state index in [9.17, 15) is 4.39 Å². The number of rotatable bonds is 3. The summed E-state index contributed by atoms with van der Waals surface area (Å²) in [5.41, 5.74) is 7.26. The molecule has 5 heteroatoms. The van der Waals surface area contributed by atoms with E-state index in [1.807, 2.05) is 6.07 Å². The van der Waals surface area contributed by atoms with Crippen molar-refractivity contribution in [3.8, 4) is 5.69 Å². The zero-order valence-electron chi connectivity index (χ0n) is 9.31. The molecule has 1 aliphatic rings. The fourth-order valence-electron chi connectivity index (χ4n) is 1.92. The summed E-state index contributed by atoms with van der Waals surface area (Å²) < 4.78 is 15.3. The summed E-state index contributed by atoms with van der Waals surface area (Å²) in [6.07, 6.45) is 5.65. The Morgan fingerprint density at radius 3 is 2.82 bits per heavy atom. The lowest BCUT2D eigenvalue weighted by molar-refractivity contribution is 0.603.